The van der Waals surface area contributed by atoms with E-state index in [1.165, 1.54) is 26.2 Å². The number of ether oxygens (including phenoxy) is 1. The van der Waals surface area contributed by atoms with Crippen molar-refractivity contribution in [1.82, 2.24) is 0 Å². The van der Waals surface area contributed by atoms with Gasteiger partial charge in [0.2, 0.25) is 5.91 Å². The molecule has 14 nitrogen and oxygen atoms in total. The molecule has 0 atom stereocenters. The highest BCUT2D eigenvalue weighted by atomic mass is 79.9. The normalized spacial score (nSPS) is 10.6. The molecule has 0 aliphatic heterocycles. The number of nitriles is 1. The summed E-state index contributed by atoms with van der Waals surface area (Å²) < 4.78 is 5.39. The molecule has 2 aromatic rings. The minimum atomic E-state index is -0.827. The number of nitro benzene ring substituents is 2. The van der Waals surface area contributed by atoms with Gasteiger partial charge < -0.3 is 20.1 Å². The first-order chi connectivity index (χ1) is 16.6. The number of aliphatic hydroxyl groups excluding tert-OH is 1. The smallest absolute Gasteiger partial charge is 0.304 e. The molecule has 0 heterocycles. The quantitative estimate of drug-likeness (QED) is 0.232. The number of halogens is 1. The SMILES string of the molecule is COc1cc(N=Nc2c(Br)cc([N+](=O)[O-])cc2[N+](=O)[O-])c(NC(C)=O)cc1N(CCO)CCC#N. The summed E-state index contributed by atoms with van der Waals surface area (Å²) in [4.78, 5) is 34.4. The second-order valence-electron chi connectivity index (χ2n) is 6.85. The van der Waals surface area contributed by atoms with Crippen molar-refractivity contribution in [2.24, 2.45) is 10.2 Å². The highest BCUT2D eigenvalue weighted by Gasteiger charge is 2.24. The number of hydrogen-bond acceptors (Lipinski definition) is 11. The minimum absolute atomic E-state index is 0.0302. The number of hydrogen-bond donors (Lipinski definition) is 2. The van der Waals surface area contributed by atoms with Crippen molar-refractivity contribution in [3.63, 3.8) is 0 Å². The Hall–Kier alpha value is -4.16. The Labute approximate surface area is 207 Å². The lowest BCUT2D eigenvalue weighted by Gasteiger charge is -2.26. The van der Waals surface area contributed by atoms with Crippen molar-refractivity contribution in [3.05, 3.63) is 49.0 Å². The first-order valence-corrected chi connectivity index (χ1v) is 10.7. The maximum atomic E-state index is 11.8. The Morgan fingerprint density at radius 2 is 1.94 bits per heavy atom. The summed E-state index contributed by atoms with van der Waals surface area (Å²) in [5, 5.41) is 51.4. The molecule has 0 spiro atoms. The van der Waals surface area contributed by atoms with Gasteiger partial charge in [0, 0.05) is 32.1 Å². The van der Waals surface area contributed by atoms with Gasteiger partial charge in [-0.05, 0) is 22.0 Å². The lowest BCUT2D eigenvalue weighted by Crippen LogP contribution is -2.28. The third-order valence-corrected chi connectivity index (χ3v) is 5.11. The monoisotopic (exact) mass is 549 g/mol. The van der Waals surface area contributed by atoms with Crippen LogP contribution in [0.25, 0.3) is 0 Å². The van der Waals surface area contributed by atoms with Crippen LogP contribution in [0.4, 0.5) is 34.1 Å². The molecule has 0 aliphatic carbocycles. The highest BCUT2D eigenvalue weighted by molar-refractivity contribution is 9.10. The van der Waals surface area contributed by atoms with Gasteiger partial charge in [0.05, 0.1) is 58.0 Å². The van der Waals surface area contributed by atoms with Crippen molar-refractivity contribution < 1.29 is 24.5 Å². The van der Waals surface area contributed by atoms with Crippen LogP contribution in [0.2, 0.25) is 0 Å². The van der Waals surface area contributed by atoms with E-state index in [-0.39, 0.29) is 53.4 Å². The van der Waals surface area contributed by atoms with E-state index in [4.69, 9.17) is 10.00 Å². The average Bonchev–Trinajstić information content (AvgIpc) is 2.80. The van der Waals surface area contributed by atoms with Gasteiger partial charge >= 0.3 is 5.69 Å². The number of carbonyl (C=O) groups is 1. The summed E-state index contributed by atoms with van der Waals surface area (Å²) in [5.41, 5.74) is -0.712. The standard InChI is InChI=1S/C20H20BrN7O7/c1-12(30)23-15-10-17(26(6-7-29)5-3-4-22)19(35-2)11-16(15)24-25-20-14(21)8-13(27(31)32)9-18(20)28(33)34/h8-11,29H,3,5-7H2,1-2H3,(H,23,30). The van der Waals surface area contributed by atoms with Crippen LogP contribution in [0.5, 0.6) is 5.75 Å². The molecule has 0 radical (unpaired) electrons. The van der Waals surface area contributed by atoms with Crippen molar-refractivity contribution >= 4 is 56.0 Å². The number of benzene rings is 2. The van der Waals surface area contributed by atoms with Crippen molar-refractivity contribution in [2.45, 2.75) is 13.3 Å². The van der Waals surface area contributed by atoms with Crippen LogP contribution in [-0.4, -0.2) is 47.7 Å². The molecule has 2 N–H and O–H groups in total. The Morgan fingerprint density at radius 3 is 2.49 bits per heavy atom. The molecule has 0 saturated heterocycles. The van der Waals surface area contributed by atoms with E-state index in [1.54, 1.807) is 4.90 Å². The fourth-order valence-electron chi connectivity index (χ4n) is 3.02. The summed E-state index contributed by atoms with van der Waals surface area (Å²) in [6, 6.07) is 6.78. The molecule has 1 amide bonds. The number of aliphatic hydroxyl groups is 1. The van der Waals surface area contributed by atoms with E-state index < -0.39 is 27.1 Å². The van der Waals surface area contributed by atoms with Gasteiger partial charge in [-0.3, -0.25) is 25.0 Å². The Morgan fingerprint density at radius 1 is 1.23 bits per heavy atom. The fourth-order valence-corrected chi connectivity index (χ4v) is 3.53. The Bertz CT molecular complexity index is 1210. The molecule has 0 fully saturated rings. The summed E-state index contributed by atoms with van der Waals surface area (Å²) in [7, 11) is 1.39. The van der Waals surface area contributed by atoms with Crippen LogP contribution in [0, 0.1) is 31.6 Å². The van der Waals surface area contributed by atoms with Crippen LogP contribution in [0.3, 0.4) is 0 Å². The van der Waals surface area contributed by atoms with Gasteiger partial charge in [-0.15, -0.1) is 10.2 Å². The summed E-state index contributed by atoms with van der Waals surface area (Å²) >= 11 is 3.05. The third-order valence-electron chi connectivity index (χ3n) is 4.51. The summed E-state index contributed by atoms with van der Waals surface area (Å²) in [6.07, 6.45) is 0.165. The molecule has 0 unspecified atom stereocenters. The predicted octanol–water partition coefficient (Wildman–Crippen LogP) is 4.36. The fraction of sp³-hybridized carbons (Fsp3) is 0.300. The number of nitrogens with zero attached hydrogens (tertiary/aromatic N) is 6. The van der Waals surface area contributed by atoms with E-state index in [9.17, 15) is 30.1 Å². The Balaban J connectivity index is 2.66. The number of anilines is 2. The number of carbonyl (C=O) groups excluding carboxylic acids is 1. The number of rotatable bonds is 11. The van der Waals surface area contributed by atoms with Crippen LogP contribution in [0.1, 0.15) is 13.3 Å². The Kier molecular flexibility index (Phi) is 9.55. The van der Waals surface area contributed by atoms with Gasteiger partial charge in [0.25, 0.3) is 5.69 Å². The maximum Gasteiger partial charge on any atom is 0.304 e. The van der Waals surface area contributed by atoms with Crippen LogP contribution < -0.4 is 15.0 Å². The molecule has 0 bridgehead atoms. The van der Waals surface area contributed by atoms with Crippen LogP contribution in [0.15, 0.2) is 39.0 Å². The molecular formula is C20H20BrN7O7. The molecule has 2 aromatic carbocycles. The zero-order valence-electron chi connectivity index (χ0n) is 18.6. The topological polar surface area (TPSA) is 197 Å². The number of methoxy groups -OCH3 is 1. The second kappa shape index (κ2) is 12.3. The van der Waals surface area contributed by atoms with E-state index in [1.807, 2.05) is 6.07 Å². The largest absolute Gasteiger partial charge is 0.494 e. The lowest BCUT2D eigenvalue weighted by atomic mass is 10.2. The molecule has 2 rings (SSSR count). The van der Waals surface area contributed by atoms with Gasteiger partial charge in [0.15, 0.2) is 5.69 Å². The molecule has 35 heavy (non-hydrogen) atoms. The average molecular weight is 550 g/mol. The number of nitro groups is 2. The van der Waals surface area contributed by atoms with E-state index in [0.29, 0.717) is 5.69 Å². The number of amides is 1. The zero-order chi connectivity index (χ0) is 26.1. The molecule has 184 valence electrons. The number of non-ortho nitro benzene ring substituents is 1. The van der Waals surface area contributed by atoms with Gasteiger partial charge in [-0.1, -0.05) is 0 Å². The predicted molar refractivity (Wildman–Crippen MR) is 128 cm³/mol. The van der Waals surface area contributed by atoms with Gasteiger partial charge in [-0.2, -0.15) is 5.26 Å². The highest BCUT2D eigenvalue weighted by Crippen LogP contribution is 2.43. The van der Waals surface area contributed by atoms with Crippen molar-refractivity contribution in [3.8, 4) is 11.8 Å². The van der Waals surface area contributed by atoms with Crippen LogP contribution >= 0.6 is 15.9 Å². The molecule has 15 heteroatoms. The summed E-state index contributed by atoms with van der Waals surface area (Å²) in [6.45, 7) is 1.52. The van der Waals surface area contributed by atoms with Crippen LogP contribution in [-0.2, 0) is 4.79 Å². The first kappa shape index (κ1) is 27.1. The van der Waals surface area contributed by atoms with E-state index in [0.717, 1.165) is 12.1 Å². The van der Waals surface area contributed by atoms with Crippen molar-refractivity contribution in [1.29, 1.82) is 5.26 Å². The van der Waals surface area contributed by atoms with Gasteiger partial charge in [-0.25, -0.2) is 0 Å². The third kappa shape index (κ3) is 6.91. The molecule has 0 saturated carbocycles. The summed E-state index contributed by atoms with van der Waals surface area (Å²) in [5.74, 6) is -0.164. The van der Waals surface area contributed by atoms with Gasteiger partial charge in [0.1, 0.15) is 11.4 Å². The molecule has 0 aliphatic rings. The van der Waals surface area contributed by atoms with E-state index in [2.05, 4.69) is 31.5 Å². The molecule has 0 aromatic heterocycles. The van der Waals surface area contributed by atoms with Crippen molar-refractivity contribution in [2.75, 3.05) is 37.0 Å². The minimum Gasteiger partial charge on any atom is -0.494 e. The first-order valence-electron chi connectivity index (χ1n) is 9.89. The number of nitrogens with one attached hydrogen (secondary N) is 1. The number of azo groups is 1. The maximum absolute atomic E-state index is 11.8. The second-order valence-corrected chi connectivity index (χ2v) is 7.71. The lowest BCUT2D eigenvalue weighted by molar-refractivity contribution is -0.393. The van der Waals surface area contributed by atoms with E-state index >= 15 is 0 Å². The zero-order valence-corrected chi connectivity index (χ0v) is 20.2. The molecular weight excluding hydrogens is 530 g/mol.